The van der Waals surface area contributed by atoms with Gasteiger partial charge in [-0.05, 0) is 20.8 Å². The molecule has 92 valence electrons. The highest BCUT2D eigenvalue weighted by Gasteiger charge is 2.15. The van der Waals surface area contributed by atoms with Crippen molar-refractivity contribution in [3.8, 4) is 11.8 Å². The van der Waals surface area contributed by atoms with E-state index in [1.807, 2.05) is 20.8 Å². The lowest BCUT2D eigenvalue weighted by Crippen LogP contribution is -2.32. The number of ether oxygens (including phenoxy) is 1. The molecule has 1 rings (SSSR count). The van der Waals surface area contributed by atoms with Gasteiger partial charge in [0.2, 0.25) is 0 Å². The van der Waals surface area contributed by atoms with Crippen molar-refractivity contribution in [2.45, 2.75) is 32.8 Å². The first kappa shape index (κ1) is 13.1. The third kappa shape index (κ3) is 6.25. The molecule has 1 aromatic heterocycles. The van der Waals surface area contributed by atoms with E-state index in [0.29, 0.717) is 13.0 Å². The average Bonchev–Trinajstić information content (AvgIpc) is 2.67. The van der Waals surface area contributed by atoms with E-state index in [-0.39, 0.29) is 0 Å². The molecule has 0 unspecified atom stereocenters. The zero-order valence-corrected chi connectivity index (χ0v) is 10.3. The Balaban J connectivity index is 2.18. The van der Waals surface area contributed by atoms with Crippen molar-refractivity contribution in [1.29, 1.82) is 0 Å². The SMILES string of the molecule is CC(C)(C)OC(=O)NCCC#Cc1cn[nH]c1. The van der Waals surface area contributed by atoms with Gasteiger partial charge in [0.1, 0.15) is 5.60 Å². The van der Waals surface area contributed by atoms with Gasteiger partial charge in [0.25, 0.3) is 0 Å². The Morgan fingerprint density at radius 2 is 2.35 bits per heavy atom. The van der Waals surface area contributed by atoms with Crippen LogP contribution in [-0.2, 0) is 4.74 Å². The Bertz CT molecular complexity index is 407. The second-order valence-corrected chi connectivity index (χ2v) is 4.47. The topological polar surface area (TPSA) is 67.0 Å². The van der Waals surface area contributed by atoms with Gasteiger partial charge < -0.3 is 10.1 Å². The number of H-pyrrole nitrogens is 1. The average molecular weight is 235 g/mol. The summed E-state index contributed by atoms with van der Waals surface area (Å²) in [6, 6.07) is 0. The fourth-order valence-corrected chi connectivity index (χ4v) is 1.03. The minimum absolute atomic E-state index is 0.414. The molecule has 0 aromatic carbocycles. The molecule has 0 fully saturated rings. The summed E-state index contributed by atoms with van der Waals surface area (Å²) in [6.07, 6.45) is 3.52. The van der Waals surface area contributed by atoms with Crippen LogP contribution in [0.15, 0.2) is 12.4 Å². The maximum absolute atomic E-state index is 11.3. The molecule has 0 saturated heterocycles. The van der Waals surface area contributed by atoms with Gasteiger partial charge in [-0.25, -0.2) is 4.79 Å². The van der Waals surface area contributed by atoms with E-state index in [2.05, 4.69) is 27.4 Å². The molecule has 1 aromatic rings. The first-order chi connectivity index (χ1) is 7.97. The number of aromatic amines is 1. The van der Waals surface area contributed by atoms with E-state index < -0.39 is 11.7 Å². The maximum Gasteiger partial charge on any atom is 0.407 e. The molecule has 0 aliphatic carbocycles. The highest BCUT2D eigenvalue weighted by Crippen LogP contribution is 2.06. The summed E-state index contributed by atoms with van der Waals surface area (Å²) in [6.45, 7) is 5.95. The number of aromatic nitrogens is 2. The molecule has 17 heavy (non-hydrogen) atoms. The minimum atomic E-state index is -0.466. The van der Waals surface area contributed by atoms with E-state index in [4.69, 9.17) is 4.74 Å². The summed E-state index contributed by atoms with van der Waals surface area (Å²) >= 11 is 0. The number of hydrogen-bond donors (Lipinski definition) is 2. The predicted octanol–water partition coefficient (Wildman–Crippen LogP) is 1.68. The molecule has 0 spiro atoms. The molecule has 0 bridgehead atoms. The first-order valence-corrected chi connectivity index (χ1v) is 5.42. The van der Waals surface area contributed by atoms with Crippen LogP contribution in [0.3, 0.4) is 0 Å². The third-order valence-corrected chi connectivity index (χ3v) is 1.65. The standard InChI is InChI=1S/C12H17N3O2/c1-12(2,3)17-11(16)13-7-5-4-6-10-8-14-15-9-10/h8-9H,5,7H2,1-3H3,(H,13,16)(H,14,15). The third-order valence-electron chi connectivity index (χ3n) is 1.65. The van der Waals surface area contributed by atoms with Crippen molar-refractivity contribution >= 4 is 6.09 Å². The van der Waals surface area contributed by atoms with Crippen molar-refractivity contribution in [3.05, 3.63) is 18.0 Å². The van der Waals surface area contributed by atoms with Crippen LogP contribution >= 0.6 is 0 Å². The highest BCUT2D eigenvalue weighted by molar-refractivity contribution is 5.67. The Labute approximate surface area is 101 Å². The monoisotopic (exact) mass is 235 g/mol. The second-order valence-electron chi connectivity index (χ2n) is 4.47. The molecule has 0 aliphatic rings. The van der Waals surface area contributed by atoms with Crippen LogP contribution in [0, 0.1) is 11.8 Å². The summed E-state index contributed by atoms with van der Waals surface area (Å²) in [7, 11) is 0. The fraction of sp³-hybridized carbons (Fsp3) is 0.500. The van der Waals surface area contributed by atoms with E-state index in [0.717, 1.165) is 5.56 Å². The van der Waals surface area contributed by atoms with Crippen molar-refractivity contribution < 1.29 is 9.53 Å². The molecule has 1 amide bonds. The Morgan fingerprint density at radius 1 is 1.59 bits per heavy atom. The number of nitrogens with one attached hydrogen (secondary N) is 2. The molecule has 5 nitrogen and oxygen atoms in total. The summed E-state index contributed by atoms with van der Waals surface area (Å²) in [5, 5.41) is 9.08. The Kier molecular flexibility index (Phi) is 4.58. The van der Waals surface area contributed by atoms with Crippen LogP contribution in [0.4, 0.5) is 4.79 Å². The summed E-state index contributed by atoms with van der Waals surface area (Å²) < 4.78 is 5.08. The summed E-state index contributed by atoms with van der Waals surface area (Å²) in [5.41, 5.74) is 0.370. The number of nitrogens with zero attached hydrogens (tertiary/aromatic N) is 1. The number of carbonyl (C=O) groups is 1. The second kappa shape index (κ2) is 5.94. The first-order valence-electron chi connectivity index (χ1n) is 5.42. The molecule has 2 N–H and O–H groups in total. The summed E-state index contributed by atoms with van der Waals surface area (Å²) in [4.78, 5) is 11.3. The van der Waals surface area contributed by atoms with Crippen molar-refractivity contribution in [1.82, 2.24) is 15.5 Å². The molecule has 0 aliphatic heterocycles. The lowest BCUT2D eigenvalue weighted by Gasteiger charge is -2.19. The molecule has 0 atom stereocenters. The number of amides is 1. The van der Waals surface area contributed by atoms with Crippen molar-refractivity contribution in [3.63, 3.8) is 0 Å². The van der Waals surface area contributed by atoms with E-state index >= 15 is 0 Å². The molecular formula is C12H17N3O2. The highest BCUT2D eigenvalue weighted by atomic mass is 16.6. The quantitative estimate of drug-likeness (QED) is 0.605. The van der Waals surface area contributed by atoms with Crippen LogP contribution in [0.5, 0.6) is 0 Å². The molecule has 5 heteroatoms. The van der Waals surface area contributed by atoms with Gasteiger partial charge in [-0.2, -0.15) is 5.10 Å². The van der Waals surface area contributed by atoms with Crippen LogP contribution < -0.4 is 5.32 Å². The Hall–Kier alpha value is -1.96. The van der Waals surface area contributed by atoms with Crippen LogP contribution in [-0.4, -0.2) is 28.4 Å². The van der Waals surface area contributed by atoms with Gasteiger partial charge in [0.15, 0.2) is 0 Å². The van der Waals surface area contributed by atoms with Crippen molar-refractivity contribution in [2.24, 2.45) is 0 Å². The summed E-state index contributed by atoms with van der Waals surface area (Å²) in [5.74, 6) is 5.84. The minimum Gasteiger partial charge on any atom is -0.444 e. The number of rotatable bonds is 2. The van der Waals surface area contributed by atoms with Gasteiger partial charge >= 0.3 is 6.09 Å². The largest absolute Gasteiger partial charge is 0.444 e. The lowest BCUT2D eigenvalue weighted by atomic mass is 10.2. The van der Waals surface area contributed by atoms with E-state index in [1.165, 1.54) is 0 Å². The van der Waals surface area contributed by atoms with Gasteiger partial charge in [-0.15, -0.1) is 0 Å². The smallest absolute Gasteiger partial charge is 0.407 e. The number of hydrogen-bond acceptors (Lipinski definition) is 3. The lowest BCUT2D eigenvalue weighted by molar-refractivity contribution is 0.0529. The van der Waals surface area contributed by atoms with Crippen LogP contribution in [0.2, 0.25) is 0 Å². The number of carbonyl (C=O) groups excluding carboxylic acids is 1. The van der Waals surface area contributed by atoms with E-state index in [9.17, 15) is 4.79 Å². The van der Waals surface area contributed by atoms with Crippen molar-refractivity contribution in [2.75, 3.05) is 6.54 Å². The molecule has 0 radical (unpaired) electrons. The van der Waals surface area contributed by atoms with Gasteiger partial charge in [0, 0.05) is 19.2 Å². The molecule has 0 saturated carbocycles. The fourth-order valence-electron chi connectivity index (χ4n) is 1.03. The maximum atomic E-state index is 11.3. The zero-order chi connectivity index (χ0) is 12.7. The van der Waals surface area contributed by atoms with E-state index in [1.54, 1.807) is 12.4 Å². The normalized spacial score (nSPS) is 10.3. The molecular weight excluding hydrogens is 218 g/mol. The van der Waals surface area contributed by atoms with Crippen LogP contribution in [0.25, 0.3) is 0 Å². The molecule has 1 heterocycles. The van der Waals surface area contributed by atoms with Crippen LogP contribution in [0.1, 0.15) is 32.8 Å². The van der Waals surface area contributed by atoms with Gasteiger partial charge in [-0.1, -0.05) is 11.8 Å². The zero-order valence-electron chi connectivity index (χ0n) is 10.3. The Morgan fingerprint density at radius 3 is 2.94 bits per heavy atom. The van der Waals surface area contributed by atoms with Gasteiger partial charge in [0.05, 0.1) is 11.8 Å². The predicted molar refractivity (Wildman–Crippen MR) is 64.3 cm³/mol. The van der Waals surface area contributed by atoms with Gasteiger partial charge in [-0.3, -0.25) is 5.10 Å². The number of alkyl carbamates (subject to hydrolysis) is 1.